The smallest absolute Gasteiger partial charge is 0.124 e. The molecule has 0 saturated heterocycles. The van der Waals surface area contributed by atoms with Gasteiger partial charge in [-0.15, -0.1) is 0 Å². The Balaban J connectivity index is 2.61. The van der Waals surface area contributed by atoms with Gasteiger partial charge in [-0.2, -0.15) is 0 Å². The van der Waals surface area contributed by atoms with E-state index >= 15 is 0 Å². The van der Waals surface area contributed by atoms with E-state index in [4.69, 9.17) is 11.1 Å². The molecule has 3 N–H and O–H groups in total. The second-order valence-electron chi connectivity index (χ2n) is 4.11. The second kappa shape index (κ2) is 3.59. The first-order valence-electron chi connectivity index (χ1n) is 5.52. The summed E-state index contributed by atoms with van der Waals surface area (Å²) < 4.78 is 0. The normalized spacial score (nSPS) is 10.8. The number of benzene rings is 3. The van der Waals surface area contributed by atoms with Gasteiger partial charge in [0, 0.05) is 5.56 Å². The first kappa shape index (κ1) is 9.85. The molecule has 0 bridgehead atoms. The molecule has 0 fully saturated rings. The van der Waals surface area contributed by atoms with Crippen molar-refractivity contribution in [2.75, 3.05) is 0 Å². The van der Waals surface area contributed by atoms with Crippen molar-refractivity contribution in [2.45, 2.75) is 0 Å². The number of nitrogen functional groups attached to an aromatic ring is 1. The molecule has 17 heavy (non-hydrogen) atoms. The zero-order chi connectivity index (χ0) is 11.8. The molecule has 0 aromatic heterocycles. The number of fused-ring (bicyclic) bond motifs is 2. The minimum atomic E-state index is 0.123. The van der Waals surface area contributed by atoms with Gasteiger partial charge in [-0.1, -0.05) is 48.5 Å². The average molecular weight is 220 g/mol. The molecular formula is C15H12N2. The molecule has 0 atom stereocenters. The van der Waals surface area contributed by atoms with Crippen LogP contribution < -0.4 is 5.73 Å². The lowest BCUT2D eigenvalue weighted by Crippen LogP contribution is -2.12. The third kappa shape index (κ3) is 1.46. The highest BCUT2D eigenvalue weighted by Crippen LogP contribution is 2.27. The van der Waals surface area contributed by atoms with Crippen molar-refractivity contribution in [1.29, 1.82) is 5.41 Å². The lowest BCUT2D eigenvalue weighted by Gasteiger charge is -2.09. The van der Waals surface area contributed by atoms with Gasteiger partial charge in [-0.3, -0.25) is 5.41 Å². The summed E-state index contributed by atoms with van der Waals surface area (Å²) in [6.45, 7) is 0. The number of amidine groups is 1. The molecule has 3 aromatic rings. The van der Waals surface area contributed by atoms with Gasteiger partial charge in [0.25, 0.3) is 0 Å². The maximum Gasteiger partial charge on any atom is 0.124 e. The summed E-state index contributed by atoms with van der Waals surface area (Å²) in [6.07, 6.45) is 0. The van der Waals surface area contributed by atoms with Crippen molar-refractivity contribution in [1.82, 2.24) is 0 Å². The van der Waals surface area contributed by atoms with Crippen LogP contribution in [0.2, 0.25) is 0 Å². The Morgan fingerprint density at radius 2 is 1.29 bits per heavy atom. The Hall–Kier alpha value is -2.35. The molecule has 0 amide bonds. The molecule has 0 aliphatic carbocycles. The highest BCUT2D eigenvalue weighted by atomic mass is 14.7. The lowest BCUT2D eigenvalue weighted by molar-refractivity contribution is 1.45. The molecule has 0 saturated carbocycles. The first-order valence-corrected chi connectivity index (χ1v) is 5.52. The molecule has 3 aromatic carbocycles. The van der Waals surface area contributed by atoms with Gasteiger partial charge in [0.1, 0.15) is 5.84 Å². The van der Waals surface area contributed by atoms with Crippen molar-refractivity contribution in [3.8, 4) is 0 Å². The molecule has 0 heterocycles. The Labute approximate surface area is 99.2 Å². The minimum absolute atomic E-state index is 0.123. The van der Waals surface area contributed by atoms with Crippen LogP contribution in [0.4, 0.5) is 0 Å². The summed E-state index contributed by atoms with van der Waals surface area (Å²) in [5.41, 5.74) is 6.56. The maximum atomic E-state index is 7.78. The van der Waals surface area contributed by atoms with Gasteiger partial charge >= 0.3 is 0 Å². The van der Waals surface area contributed by atoms with Crippen molar-refractivity contribution in [3.63, 3.8) is 0 Å². The van der Waals surface area contributed by atoms with E-state index in [1.165, 1.54) is 0 Å². The van der Waals surface area contributed by atoms with Gasteiger partial charge in [0.05, 0.1) is 0 Å². The summed E-state index contributed by atoms with van der Waals surface area (Å²) in [5, 5.41) is 12.1. The highest BCUT2D eigenvalue weighted by molar-refractivity contribution is 6.18. The van der Waals surface area contributed by atoms with Crippen LogP contribution in [0.1, 0.15) is 5.56 Å². The van der Waals surface area contributed by atoms with Crippen LogP contribution in [-0.4, -0.2) is 5.84 Å². The van der Waals surface area contributed by atoms with Crippen molar-refractivity contribution < 1.29 is 0 Å². The van der Waals surface area contributed by atoms with Gasteiger partial charge in [-0.25, -0.2) is 0 Å². The van der Waals surface area contributed by atoms with E-state index in [1.54, 1.807) is 0 Å². The predicted octanol–water partition coefficient (Wildman–Crippen LogP) is 3.28. The van der Waals surface area contributed by atoms with Crippen LogP contribution in [-0.2, 0) is 0 Å². The largest absolute Gasteiger partial charge is 0.384 e. The van der Waals surface area contributed by atoms with E-state index in [-0.39, 0.29) is 5.84 Å². The predicted molar refractivity (Wildman–Crippen MR) is 72.5 cm³/mol. The molecule has 2 heteroatoms. The van der Waals surface area contributed by atoms with Gasteiger partial charge in [0.15, 0.2) is 0 Å². The molecular weight excluding hydrogens is 208 g/mol. The van der Waals surface area contributed by atoms with Crippen molar-refractivity contribution in [3.05, 3.63) is 60.2 Å². The summed E-state index contributed by atoms with van der Waals surface area (Å²) in [6, 6.07) is 18.2. The van der Waals surface area contributed by atoms with Gasteiger partial charge in [0.2, 0.25) is 0 Å². The van der Waals surface area contributed by atoms with Crippen LogP contribution in [0.3, 0.4) is 0 Å². The van der Waals surface area contributed by atoms with Crippen LogP contribution in [0.25, 0.3) is 21.5 Å². The van der Waals surface area contributed by atoms with E-state index in [0.29, 0.717) is 0 Å². The summed E-state index contributed by atoms with van der Waals surface area (Å²) in [5.74, 6) is 0.123. The van der Waals surface area contributed by atoms with E-state index in [2.05, 4.69) is 6.07 Å². The van der Waals surface area contributed by atoms with Gasteiger partial charge in [-0.05, 0) is 27.6 Å². The fourth-order valence-corrected chi connectivity index (χ4v) is 2.30. The number of nitrogens with one attached hydrogen (secondary N) is 1. The summed E-state index contributed by atoms with van der Waals surface area (Å²) >= 11 is 0. The fraction of sp³-hybridized carbons (Fsp3) is 0. The first-order chi connectivity index (χ1) is 8.27. The number of hydrogen-bond acceptors (Lipinski definition) is 1. The molecule has 3 rings (SSSR count). The van der Waals surface area contributed by atoms with Crippen LogP contribution >= 0.6 is 0 Å². The Kier molecular flexibility index (Phi) is 2.08. The van der Waals surface area contributed by atoms with Crippen LogP contribution in [0.5, 0.6) is 0 Å². The fourth-order valence-electron chi connectivity index (χ4n) is 2.30. The Morgan fingerprint density at radius 1 is 0.824 bits per heavy atom. The van der Waals surface area contributed by atoms with E-state index in [0.717, 1.165) is 27.1 Å². The summed E-state index contributed by atoms with van der Waals surface area (Å²) in [7, 11) is 0. The third-order valence-corrected chi connectivity index (χ3v) is 3.04. The number of hydrogen-bond donors (Lipinski definition) is 2. The summed E-state index contributed by atoms with van der Waals surface area (Å²) in [4.78, 5) is 0. The van der Waals surface area contributed by atoms with Gasteiger partial charge < -0.3 is 5.73 Å². The van der Waals surface area contributed by atoms with Crippen molar-refractivity contribution in [2.24, 2.45) is 5.73 Å². The minimum Gasteiger partial charge on any atom is -0.384 e. The third-order valence-electron chi connectivity index (χ3n) is 3.04. The zero-order valence-electron chi connectivity index (χ0n) is 9.27. The quantitative estimate of drug-likeness (QED) is 0.369. The van der Waals surface area contributed by atoms with E-state index < -0.39 is 0 Å². The molecule has 0 aliphatic heterocycles. The molecule has 0 aliphatic rings. The molecule has 0 spiro atoms. The van der Waals surface area contributed by atoms with Crippen LogP contribution in [0.15, 0.2) is 54.6 Å². The second-order valence-corrected chi connectivity index (χ2v) is 4.11. The molecule has 0 radical (unpaired) electrons. The maximum absolute atomic E-state index is 7.78. The average Bonchev–Trinajstić information content (AvgIpc) is 2.35. The van der Waals surface area contributed by atoms with Crippen LogP contribution in [0, 0.1) is 5.41 Å². The zero-order valence-corrected chi connectivity index (χ0v) is 9.27. The van der Waals surface area contributed by atoms with Crippen molar-refractivity contribution >= 4 is 27.4 Å². The Bertz CT molecular complexity index is 675. The molecule has 82 valence electrons. The SMILES string of the molecule is N=C(N)c1c2ccccc2cc2ccccc12. The Morgan fingerprint density at radius 3 is 1.76 bits per heavy atom. The van der Waals surface area contributed by atoms with E-state index in [9.17, 15) is 0 Å². The standard InChI is InChI=1S/C15H12N2/c16-15(17)14-12-7-3-1-5-10(12)9-11-6-2-4-8-13(11)14/h1-9H,(H3,16,17). The number of rotatable bonds is 1. The monoisotopic (exact) mass is 220 g/mol. The molecule has 2 nitrogen and oxygen atoms in total. The topological polar surface area (TPSA) is 49.9 Å². The highest BCUT2D eigenvalue weighted by Gasteiger charge is 2.08. The van der Waals surface area contributed by atoms with E-state index in [1.807, 2.05) is 48.5 Å². The number of nitrogens with two attached hydrogens (primary N) is 1. The lowest BCUT2D eigenvalue weighted by atomic mass is 9.96. The molecule has 0 unspecified atom stereocenters.